The summed E-state index contributed by atoms with van der Waals surface area (Å²) in [4.78, 5) is 15.7. The Labute approximate surface area is 209 Å². The van der Waals surface area contributed by atoms with Gasteiger partial charge in [-0.15, -0.1) is 0 Å². The van der Waals surface area contributed by atoms with E-state index in [2.05, 4.69) is 41.4 Å². The Hall–Kier alpha value is -3.90. The first-order chi connectivity index (χ1) is 17.5. The maximum Gasteiger partial charge on any atom is 0.307 e. The van der Waals surface area contributed by atoms with Crippen molar-refractivity contribution in [1.82, 2.24) is 4.98 Å². The molecule has 1 fully saturated rings. The van der Waals surface area contributed by atoms with Gasteiger partial charge in [0.1, 0.15) is 17.7 Å². The molecule has 0 saturated carbocycles. The second-order valence-electron chi connectivity index (χ2n) is 9.82. The molecule has 3 aromatic carbocycles. The number of hydrogen-bond donors (Lipinski definition) is 2. The molecule has 36 heavy (non-hydrogen) atoms. The highest BCUT2D eigenvalue weighted by Gasteiger charge is 2.46. The predicted octanol–water partition coefficient (Wildman–Crippen LogP) is 5.68. The maximum atomic E-state index is 11.4. The Morgan fingerprint density at radius 2 is 1.83 bits per heavy atom. The quantitative estimate of drug-likeness (QED) is 0.381. The molecule has 1 unspecified atom stereocenters. The molecule has 1 atom stereocenters. The number of nitrogens with two attached hydrogens (primary N) is 1. The number of ether oxygens (including phenoxy) is 2. The van der Waals surface area contributed by atoms with E-state index in [4.69, 9.17) is 15.2 Å². The zero-order chi connectivity index (χ0) is 24.7. The van der Waals surface area contributed by atoms with Crippen LogP contribution in [-0.4, -0.2) is 29.3 Å². The van der Waals surface area contributed by atoms with Crippen LogP contribution in [0.15, 0.2) is 72.9 Å². The number of anilines is 1. The van der Waals surface area contributed by atoms with Crippen molar-refractivity contribution in [1.29, 1.82) is 0 Å². The topological polar surface area (TPSA) is 94.7 Å². The van der Waals surface area contributed by atoms with Crippen LogP contribution in [-0.2, 0) is 21.4 Å². The zero-order valence-corrected chi connectivity index (χ0v) is 19.9. The van der Waals surface area contributed by atoms with Gasteiger partial charge < -0.3 is 20.3 Å². The van der Waals surface area contributed by atoms with Crippen LogP contribution in [0.25, 0.3) is 21.9 Å². The number of hydrogen-bond acceptors (Lipinski definition) is 5. The third kappa shape index (κ3) is 3.97. The minimum atomic E-state index is -0.869. The normalized spacial score (nSPS) is 18.3. The molecule has 2 heterocycles. The van der Waals surface area contributed by atoms with Gasteiger partial charge in [0.25, 0.3) is 0 Å². The minimum Gasteiger partial charge on any atom is -0.485 e. The van der Waals surface area contributed by atoms with E-state index in [1.807, 2.05) is 30.3 Å². The van der Waals surface area contributed by atoms with E-state index in [-0.39, 0.29) is 17.9 Å². The second kappa shape index (κ2) is 8.95. The molecule has 0 amide bonds. The Morgan fingerprint density at radius 1 is 1.06 bits per heavy atom. The number of aliphatic carboxylic acids is 1. The summed E-state index contributed by atoms with van der Waals surface area (Å²) in [6.45, 7) is 1.47. The molecule has 1 aromatic heterocycles. The molecule has 2 aliphatic rings. The molecule has 0 radical (unpaired) electrons. The second-order valence-corrected chi connectivity index (χ2v) is 9.82. The van der Waals surface area contributed by atoms with E-state index in [0.29, 0.717) is 17.1 Å². The number of para-hydroxylation sites is 1. The average molecular weight is 481 g/mol. The van der Waals surface area contributed by atoms with Gasteiger partial charge in [0.15, 0.2) is 0 Å². The Kier molecular flexibility index (Phi) is 5.61. The summed E-state index contributed by atoms with van der Waals surface area (Å²) >= 11 is 0. The maximum absolute atomic E-state index is 11.4. The zero-order valence-electron chi connectivity index (χ0n) is 19.9. The van der Waals surface area contributed by atoms with Crippen molar-refractivity contribution in [3.05, 3.63) is 89.6 Å². The van der Waals surface area contributed by atoms with Gasteiger partial charge in [0, 0.05) is 35.8 Å². The van der Waals surface area contributed by atoms with Crippen LogP contribution >= 0.6 is 0 Å². The van der Waals surface area contributed by atoms with E-state index in [1.54, 1.807) is 6.20 Å². The van der Waals surface area contributed by atoms with Crippen LogP contribution in [0.2, 0.25) is 0 Å². The summed E-state index contributed by atoms with van der Waals surface area (Å²) in [5.41, 5.74) is 11.5. The van der Waals surface area contributed by atoms with Crippen LogP contribution in [0.3, 0.4) is 0 Å². The van der Waals surface area contributed by atoms with E-state index in [9.17, 15) is 9.90 Å². The van der Waals surface area contributed by atoms with Crippen molar-refractivity contribution in [2.75, 3.05) is 18.9 Å². The van der Waals surface area contributed by atoms with Crippen LogP contribution in [0.4, 0.5) is 5.82 Å². The number of aromatic nitrogens is 1. The third-order valence-electron chi connectivity index (χ3n) is 7.71. The number of carboxylic acids is 1. The lowest BCUT2D eigenvalue weighted by molar-refractivity contribution is -0.136. The number of pyridine rings is 1. The van der Waals surface area contributed by atoms with Gasteiger partial charge in [-0.3, -0.25) is 4.79 Å². The molecule has 0 bridgehead atoms. The first-order valence-electron chi connectivity index (χ1n) is 12.4. The fraction of sp³-hybridized carbons (Fsp3) is 0.267. The smallest absolute Gasteiger partial charge is 0.307 e. The molecule has 1 aliphatic heterocycles. The number of carbonyl (C=O) groups is 1. The molecule has 1 saturated heterocycles. The van der Waals surface area contributed by atoms with Crippen molar-refractivity contribution < 1.29 is 19.4 Å². The largest absolute Gasteiger partial charge is 0.485 e. The molecular weight excluding hydrogens is 452 g/mol. The lowest BCUT2D eigenvalue weighted by Crippen LogP contribution is -2.32. The lowest BCUT2D eigenvalue weighted by atomic mass is 9.75. The number of nitrogen functional groups attached to an aromatic ring is 1. The Bertz CT molecular complexity index is 1460. The molecule has 3 N–H and O–H groups in total. The van der Waals surface area contributed by atoms with E-state index < -0.39 is 5.97 Å². The van der Waals surface area contributed by atoms with Crippen molar-refractivity contribution >= 4 is 22.6 Å². The predicted molar refractivity (Wildman–Crippen MR) is 139 cm³/mol. The van der Waals surface area contributed by atoms with Crippen molar-refractivity contribution in [2.45, 2.75) is 37.2 Å². The first-order valence-corrected chi connectivity index (χ1v) is 12.4. The summed E-state index contributed by atoms with van der Waals surface area (Å²) in [5.74, 6) is 0.286. The highest BCUT2D eigenvalue weighted by atomic mass is 16.5. The van der Waals surface area contributed by atoms with E-state index in [0.717, 1.165) is 54.4 Å². The summed E-state index contributed by atoms with van der Waals surface area (Å²) in [6.07, 6.45) is 4.25. The molecule has 1 spiro atoms. The van der Waals surface area contributed by atoms with Crippen LogP contribution in [0.1, 0.15) is 42.1 Å². The summed E-state index contributed by atoms with van der Waals surface area (Å²) in [5, 5.41) is 11.4. The number of benzene rings is 3. The standard InChI is InChI=1S/C30H28N2O4/c31-29-23-15-20(6-5-19(23)9-12-32-29)21-7-8-25-24(16-21)27(18-30(25)10-13-35-14-11-30)36-26-4-2-1-3-22(26)17-28(33)34/h1-9,12,15-16,27H,10-11,13-14,17-18H2,(H2,31,32)(H,33,34). The van der Waals surface area contributed by atoms with Gasteiger partial charge in [-0.1, -0.05) is 42.5 Å². The van der Waals surface area contributed by atoms with E-state index in [1.165, 1.54) is 11.1 Å². The van der Waals surface area contributed by atoms with Gasteiger partial charge in [-0.2, -0.15) is 0 Å². The minimum absolute atomic E-state index is 0.0102. The van der Waals surface area contributed by atoms with Crippen molar-refractivity contribution in [2.24, 2.45) is 0 Å². The number of carboxylic acid groups (broad SMARTS) is 1. The highest BCUT2D eigenvalue weighted by molar-refractivity contribution is 5.94. The third-order valence-corrected chi connectivity index (χ3v) is 7.71. The molecule has 182 valence electrons. The van der Waals surface area contributed by atoms with Gasteiger partial charge in [0.2, 0.25) is 0 Å². The molecule has 6 nitrogen and oxygen atoms in total. The highest BCUT2D eigenvalue weighted by Crippen LogP contribution is 2.53. The molecule has 4 aromatic rings. The summed E-state index contributed by atoms with van der Waals surface area (Å²) in [6, 6.07) is 22.4. The summed E-state index contributed by atoms with van der Waals surface area (Å²) in [7, 11) is 0. The van der Waals surface area contributed by atoms with Gasteiger partial charge in [-0.05, 0) is 71.2 Å². The van der Waals surface area contributed by atoms with Crippen molar-refractivity contribution in [3.8, 4) is 16.9 Å². The average Bonchev–Trinajstić information content (AvgIpc) is 3.17. The molecule has 1 aliphatic carbocycles. The number of nitrogens with zero attached hydrogens (tertiary/aromatic N) is 1. The lowest BCUT2D eigenvalue weighted by Gasteiger charge is -2.34. The fourth-order valence-corrected chi connectivity index (χ4v) is 5.86. The van der Waals surface area contributed by atoms with Gasteiger partial charge >= 0.3 is 5.97 Å². The van der Waals surface area contributed by atoms with Crippen molar-refractivity contribution in [3.63, 3.8) is 0 Å². The van der Waals surface area contributed by atoms with Crippen LogP contribution < -0.4 is 10.5 Å². The van der Waals surface area contributed by atoms with Gasteiger partial charge in [0.05, 0.1) is 6.42 Å². The summed E-state index contributed by atoms with van der Waals surface area (Å²) < 4.78 is 12.3. The first kappa shape index (κ1) is 22.6. The van der Waals surface area contributed by atoms with Gasteiger partial charge in [-0.25, -0.2) is 4.98 Å². The van der Waals surface area contributed by atoms with E-state index >= 15 is 0 Å². The SMILES string of the molecule is Nc1nccc2ccc(-c3ccc4c(c3)C(Oc3ccccc3CC(=O)O)CC43CCOCC3)cc12. The Balaban J connectivity index is 1.42. The Morgan fingerprint density at radius 3 is 2.67 bits per heavy atom. The number of fused-ring (bicyclic) bond motifs is 3. The molecule has 6 heteroatoms. The molecular formula is C30H28N2O4. The monoisotopic (exact) mass is 480 g/mol. The number of rotatable bonds is 5. The van der Waals surface area contributed by atoms with Crippen LogP contribution in [0.5, 0.6) is 5.75 Å². The molecule has 6 rings (SSSR count). The van der Waals surface area contributed by atoms with Crippen LogP contribution in [0, 0.1) is 0 Å². The fourth-order valence-electron chi connectivity index (χ4n) is 5.86.